The van der Waals surface area contributed by atoms with Crippen LogP contribution in [0.2, 0.25) is 0 Å². The minimum atomic E-state index is -1.46. The highest BCUT2D eigenvalue weighted by Crippen LogP contribution is 2.68. The van der Waals surface area contributed by atoms with Crippen LogP contribution in [0, 0.1) is 28.6 Å². The Hall–Kier alpha value is -1.03. The van der Waals surface area contributed by atoms with Crippen molar-refractivity contribution < 1.29 is 35.8 Å². The molecule has 3 fully saturated rings. The van der Waals surface area contributed by atoms with Crippen LogP contribution >= 0.6 is 0 Å². The number of hydrogen-bond acceptors (Lipinski definition) is 8. The molecule has 0 heterocycles. The van der Waals surface area contributed by atoms with Gasteiger partial charge in [0, 0.05) is 11.3 Å². The molecule has 0 aliphatic heterocycles. The largest absolute Gasteiger partial charge is 0.411 e. The summed E-state index contributed by atoms with van der Waals surface area (Å²) in [5, 5.41) is 79.3. The summed E-state index contributed by atoms with van der Waals surface area (Å²) < 4.78 is 0. The first-order valence-electron chi connectivity index (χ1n) is 13.2. The molecular formula is C27H45NO7. The van der Waals surface area contributed by atoms with Gasteiger partial charge in [-0.1, -0.05) is 19.0 Å². The van der Waals surface area contributed by atoms with Gasteiger partial charge in [-0.05, 0) is 101 Å². The Labute approximate surface area is 208 Å². The fraction of sp³-hybridized carbons (Fsp3) is 0.889. The number of oxime groups is 1. The topological polar surface area (TPSA) is 154 Å². The number of allylic oxidation sites excluding steroid dienone is 1. The first-order chi connectivity index (χ1) is 16.0. The number of rotatable bonds is 5. The number of nitrogens with zero attached hydrogens (tertiary/aromatic N) is 1. The van der Waals surface area contributed by atoms with Crippen LogP contribution < -0.4 is 0 Å². The van der Waals surface area contributed by atoms with Gasteiger partial charge in [-0.25, -0.2) is 0 Å². The zero-order chi connectivity index (χ0) is 26.2. The second-order valence-electron chi connectivity index (χ2n) is 13.3. The third-order valence-electron chi connectivity index (χ3n) is 10.7. The minimum Gasteiger partial charge on any atom is -0.411 e. The zero-order valence-corrected chi connectivity index (χ0v) is 21.8. The van der Waals surface area contributed by atoms with Crippen molar-refractivity contribution in [3.8, 4) is 0 Å². The highest BCUT2D eigenvalue weighted by Gasteiger charge is 2.68. The average Bonchev–Trinajstić information content (AvgIpc) is 3.04. The molecule has 4 aliphatic rings. The lowest BCUT2D eigenvalue weighted by atomic mass is 9.45. The third kappa shape index (κ3) is 3.99. The molecule has 0 bridgehead atoms. The van der Waals surface area contributed by atoms with Crippen LogP contribution in [0.3, 0.4) is 0 Å². The maximum absolute atomic E-state index is 12.3. The maximum atomic E-state index is 12.3. The molecule has 200 valence electrons. The molecule has 0 amide bonds. The highest BCUT2D eigenvalue weighted by molar-refractivity contribution is 5.99. The van der Waals surface area contributed by atoms with Crippen LogP contribution in [-0.4, -0.2) is 76.7 Å². The quantitative estimate of drug-likeness (QED) is 0.228. The van der Waals surface area contributed by atoms with E-state index in [9.17, 15) is 35.8 Å². The second kappa shape index (κ2) is 8.50. The lowest BCUT2D eigenvalue weighted by molar-refractivity contribution is -0.172. The lowest BCUT2D eigenvalue weighted by Gasteiger charge is -2.61. The molecule has 7 N–H and O–H groups in total. The van der Waals surface area contributed by atoms with E-state index in [0.29, 0.717) is 44.2 Å². The first-order valence-corrected chi connectivity index (χ1v) is 13.2. The van der Waals surface area contributed by atoms with Gasteiger partial charge in [0.15, 0.2) is 0 Å². The van der Waals surface area contributed by atoms with Gasteiger partial charge in [-0.2, -0.15) is 0 Å². The van der Waals surface area contributed by atoms with Crippen LogP contribution in [-0.2, 0) is 0 Å². The van der Waals surface area contributed by atoms with Gasteiger partial charge in [-0.3, -0.25) is 0 Å². The molecule has 8 heteroatoms. The van der Waals surface area contributed by atoms with E-state index in [1.165, 1.54) is 0 Å². The van der Waals surface area contributed by atoms with Gasteiger partial charge in [0.05, 0.1) is 40.8 Å². The Morgan fingerprint density at radius 3 is 2.31 bits per heavy atom. The zero-order valence-electron chi connectivity index (χ0n) is 21.8. The van der Waals surface area contributed by atoms with E-state index in [4.69, 9.17) is 0 Å². The highest BCUT2D eigenvalue weighted by atomic mass is 16.4. The Kier molecular flexibility index (Phi) is 6.56. The standard InChI is InChI=1S/C27H45NO7/c1-23(2,32)9-8-22(31)26(5,33)21-7-11-27(34)16-12-18(28-35)17-13-19(29)20(30)14-24(17,3)15(16)6-10-25(21,27)4/h12,15,17,19-22,29-35H,6-11,13-14H2,1-5H3/t15-,17+,19-,20+,21+,22+,24-,25-,26-,27-/m1/s1. The van der Waals surface area contributed by atoms with Crippen molar-refractivity contribution in [3.05, 3.63) is 11.6 Å². The van der Waals surface area contributed by atoms with Crippen molar-refractivity contribution in [1.82, 2.24) is 0 Å². The molecule has 0 spiro atoms. The van der Waals surface area contributed by atoms with Crippen molar-refractivity contribution in [3.63, 3.8) is 0 Å². The molecule has 0 aromatic carbocycles. The monoisotopic (exact) mass is 495 g/mol. The summed E-state index contributed by atoms with van der Waals surface area (Å²) in [7, 11) is 0. The van der Waals surface area contributed by atoms with Gasteiger partial charge >= 0.3 is 0 Å². The fourth-order valence-electron chi connectivity index (χ4n) is 8.44. The van der Waals surface area contributed by atoms with Gasteiger partial charge < -0.3 is 35.8 Å². The van der Waals surface area contributed by atoms with Gasteiger partial charge in [-0.15, -0.1) is 0 Å². The summed E-state index contributed by atoms with van der Waals surface area (Å²) in [6.45, 7) is 9.04. The SMILES string of the molecule is CC(C)(O)CC[C@H](O)[C@](C)(O)[C@H]1CC[C@@]2(O)C3=CC(=NO)[C@@H]4C[C@@H](O)[C@@H](O)C[C@]4(C)[C@@H]3CC[C@]12C. The average molecular weight is 496 g/mol. The summed E-state index contributed by atoms with van der Waals surface area (Å²) in [6.07, 6.45) is 2.53. The van der Waals surface area contributed by atoms with Crippen LogP contribution in [0.1, 0.15) is 86.0 Å². The van der Waals surface area contributed by atoms with Crippen molar-refractivity contribution in [2.75, 3.05) is 0 Å². The number of aliphatic hydroxyl groups is 6. The molecule has 0 aromatic rings. The maximum Gasteiger partial charge on any atom is 0.0920 e. The van der Waals surface area contributed by atoms with Crippen molar-refractivity contribution in [2.45, 2.75) is 121 Å². The van der Waals surface area contributed by atoms with E-state index in [0.717, 1.165) is 12.0 Å². The Balaban J connectivity index is 1.70. The molecular weight excluding hydrogens is 450 g/mol. The molecule has 4 rings (SSSR count). The molecule has 10 atom stereocenters. The van der Waals surface area contributed by atoms with Crippen LogP contribution in [0.25, 0.3) is 0 Å². The number of hydrogen-bond donors (Lipinski definition) is 7. The molecule has 0 radical (unpaired) electrons. The van der Waals surface area contributed by atoms with Crippen molar-refractivity contribution in [1.29, 1.82) is 0 Å². The van der Waals surface area contributed by atoms with E-state index in [-0.39, 0.29) is 24.2 Å². The molecule has 4 aliphatic carbocycles. The number of aliphatic hydroxyl groups excluding tert-OH is 3. The fourth-order valence-corrected chi connectivity index (χ4v) is 8.44. The van der Waals surface area contributed by atoms with Crippen molar-refractivity contribution in [2.24, 2.45) is 33.7 Å². The lowest BCUT2D eigenvalue weighted by Crippen LogP contribution is -2.62. The summed E-state index contributed by atoms with van der Waals surface area (Å²) in [5.74, 6) is -0.656. The molecule has 0 unspecified atom stereocenters. The summed E-state index contributed by atoms with van der Waals surface area (Å²) in [6, 6.07) is 0. The summed E-state index contributed by atoms with van der Waals surface area (Å²) in [4.78, 5) is 0. The Morgan fingerprint density at radius 2 is 1.71 bits per heavy atom. The Morgan fingerprint density at radius 1 is 1.06 bits per heavy atom. The van der Waals surface area contributed by atoms with E-state index >= 15 is 0 Å². The number of fused-ring (bicyclic) bond motifs is 5. The summed E-state index contributed by atoms with van der Waals surface area (Å²) in [5.41, 5.74) is -3.66. The smallest absolute Gasteiger partial charge is 0.0920 e. The Bertz CT molecular complexity index is 894. The van der Waals surface area contributed by atoms with Gasteiger partial charge in [0.1, 0.15) is 0 Å². The van der Waals surface area contributed by atoms with Crippen LogP contribution in [0.15, 0.2) is 16.8 Å². The predicted octanol–water partition coefficient (Wildman–Crippen LogP) is 2.12. The van der Waals surface area contributed by atoms with Crippen molar-refractivity contribution >= 4 is 5.71 Å². The first kappa shape index (κ1) is 27.0. The van der Waals surface area contributed by atoms with Crippen LogP contribution in [0.4, 0.5) is 0 Å². The molecule has 3 saturated carbocycles. The van der Waals surface area contributed by atoms with E-state index in [1.54, 1.807) is 26.8 Å². The van der Waals surface area contributed by atoms with Crippen LogP contribution in [0.5, 0.6) is 0 Å². The van der Waals surface area contributed by atoms with Gasteiger partial charge in [0.2, 0.25) is 0 Å². The van der Waals surface area contributed by atoms with E-state index < -0.39 is 45.9 Å². The normalized spacial score (nSPS) is 47.3. The molecule has 0 saturated heterocycles. The second-order valence-corrected chi connectivity index (χ2v) is 13.3. The molecule has 0 aromatic heterocycles. The summed E-state index contributed by atoms with van der Waals surface area (Å²) >= 11 is 0. The van der Waals surface area contributed by atoms with E-state index in [2.05, 4.69) is 12.1 Å². The van der Waals surface area contributed by atoms with E-state index in [1.807, 2.05) is 6.92 Å². The minimum absolute atomic E-state index is 0.0537. The molecule has 8 nitrogen and oxygen atoms in total. The predicted molar refractivity (Wildman–Crippen MR) is 131 cm³/mol. The van der Waals surface area contributed by atoms with Gasteiger partial charge in [0.25, 0.3) is 0 Å². The molecule has 35 heavy (non-hydrogen) atoms. The third-order valence-corrected chi connectivity index (χ3v) is 10.7.